The first-order chi connectivity index (χ1) is 11.1. The van der Waals surface area contributed by atoms with Gasteiger partial charge in [-0.25, -0.2) is 4.39 Å². The van der Waals surface area contributed by atoms with Crippen LogP contribution in [-0.4, -0.2) is 43.2 Å². The van der Waals surface area contributed by atoms with Gasteiger partial charge in [0.25, 0.3) is 0 Å². The van der Waals surface area contributed by atoms with Crippen LogP contribution in [0.5, 0.6) is 0 Å². The molecule has 1 aliphatic heterocycles. The van der Waals surface area contributed by atoms with E-state index >= 15 is 0 Å². The predicted molar refractivity (Wildman–Crippen MR) is 87.3 cm³/mol. The lowest BCUT2D eigenvalue weighted by Crippen LogP contribution is -2.47. The fourth-order valence-corrected chi connectivity index (χ4v) is 2.91. The van der Waals surface area contributed by atoms with Crippen molar-refractivity contribution in [2.24, 2.45) is 0 Å². The van der Waals surface area contributed by atoms with Crippen LogP contribution in [0.3, 0.4) is 0 Å². The number of benzene rings is 1. The number of hydrogen-bond acceptors (Lipinski definition) is 4. The largest absolute Gasteiger partial charge is 0.373 e. The van der Waals surface area contributed by atoms with E-state index in [1.807, 2.05) is 4.90 Å². The summed E-state index contributed by atoms with van der Waals surface area (Å²) in [5.74, 6) is -0.494. The summed E-state index contributed by atoms with van der Waals surface area (Å²) in [6.07, 6.45) is 1.33. The van der Waals surface area contributed by atoms with Crippen molar-refractivity contribution in [1.29, 1.82) is 0 Å². The molecule has 1 aliphatic rings. The molecule has 7 heteroatoms. The van der Waals surface area contributed by atoms with E-state index in [2.05, 4.69) is 10.3 Å². The molecule has 0 spiro atoms. The van der Waals surface area contributed by atoms with E-state index in [0.717, 1.165) is 0 Å². The number of ether oxygens (including phenoxy) is 1. The molecule has 1 aromatic heterocycles. The second kappa shape index (κ2) is 6.68. The Morgan fingerprint density at radius 2 is 2.35 bits per heavy atom. The fourth-order valence-electron chi connectivity index (χ4n) is 2.70. The highest BCUT2D eigenvalue weighted by molar-refractivity contribution is 6.35. The smallest absolute Gasteiger partial charge is 0.216 e. The zero-order chi connectivity index (χ0) is 16.4. The summed E-state index contributed by atoms with van der Waals surface area (Å²) < 4.78 is 20.4. The van der Waals surface area contributed by atoms with E-state index in [-0.39, 0.29) is 23.3 Å². The first-order valence-electron chi connectivity index (χ1n) is 7.40. The number of halogens is 2. The van der Waals surface area contributed by atoms with Gasteiger partial charge in [0, 0.05) is 38.1 Å². The van der Waals surface area contributed by atoms with Crippen LogP contribution in [0, 0.1) is 5.82 Å². The average molecular weight is 338 g/mol. The Hall–Kier alpha value is -1.92. The minimum atomic E-state index is -0.384. The maximum absolute atomic E-state index is 14.8. The highest BCUT2D eigenvalue weighted by Gasteiger charge is 2.24. The van der Waals surface area contributed by atoms with Gasteiger partial charge in [-0.15, -0.1) is 0 Å². The molecule has 0 aliphatic carbocycles. The monoisotopic (exact) mass is 337 g/mol. The molecule has 0 saturated carbocycles. The van der Waals surface area contributed by atoms with Crippen molar-refractivity contribution in [3.63, 3.8) is 0 Å². The fraction of sp³-hybridized carbons (Fsp3) is 0.375. The SMILES string of the molecule is CC(=O)NC[C@@H]1CN(c2ccc3c(Cl)ccnc3c2F)CCO1. The van der Waals surface area contributed by atoms with Gasteiger partial charge in [0.1, 0.15) is 5.52 Å². The number of hydrogen-bond donors (Lipinski definition) is 1. The highest BCUT2D eigenvalue weighted by Crippen LogP contribution is 2.30. The average Bonchev–Trinajstić information content (AvgIpc) is 2.54. The third kappa shape index (κ3) is 3.38. The Labute approximate surface area is 138 Å². The highest BCUT2D eigenvalue weighted by atomic mass is 35.5. The number of aromatic nitrogens is 1. The summed E-state index contributed by atoms with van der Waals surface area (Å²) in [4.78, 5) is 17.0. The summed E-state index contributed by atoms with van der Waals surface area (Å²) in [7, 11) is 0. The molecule has 1 amide bonds. The minimum Gasteiger partial charge on any atom is -0.373 e. The second-order valence-electron chi connectivity index (χ2n) is 5.46. The van der Waals surface area contributed by atoms with Gasteiger partial charge in [0.15, 0.2) is 5.82 Å². The third-order valence-corrected chi connectivity index (χ3v) is 4.17. The van der Waals surface area contributed by atoms with Crippen molar-refractivity contribution in [2.75, 3.05) is 31.1 Å². The van der Waals surface area contributed by atoms with E-state index < -0.39 is 0 Å². The first kappa shape index (κ1) is 16.0. The van der Waals surface area contributed by atoms with Crippen molar-refractivity contribution in [3.8, 4) is 0 Å². The summed E-state index contributed by atoms with van der Waals surface area (Å²) in [6, 6.07) is 5.13. The van der Waals surface area contributed by atoms with Gasteiger partial charge in [-0.05, 0) is 18.2 Å². The van der Waals surface area contributed by atoms with E-state index in [1.54, 1.807) is 18.2 Å². The lowest BCUT2D eigenvalue weighted by molar-refractivity contribution is -0.119. The molecule has 23 heavy (non-hydrogen) atoms. The Bertz CT molecular complexity index is 741. The van der Waals surface area contributed by atoms with Gasteiger partial charge >= 0.3 is 0 Å². The number of carbonyl (C=O) groups excluding carboxylic acids is 1. The molecule has 5 nitrogen and oxygen atoms in total. The molecule has 2 heterocycles. The molecule has 122 valence electrons. The van der Waals surface area contributed by atoms with Crippen LogP contribution in [0.2, 0.25) is 5.02 Å². The van der Waals surface area contributed by atoms with Crippen LogP contribution in [-0.2, 0) is 9.53 Å². The maximum Gasteiger partial charge on any atom is 0.216 e. The van der Waals surface area contributed by atoms with Crippen LogP contribution in [0.15, 0.2) is 24.4 Å². The predicted octanol–water partition coefficient (Wildman–Crippen LogP) is 2.37. The summed E-state index contributed by atoms with van der Waals surface area (Å²) in [5.41, 5.74) is 0.739. The summed E-state index contributed by atoms with van der Waals surface area (Å²) >= 11 is 6.08. The van der Waals surface area contributed by atoms with Gasteiger partial charge in [-0.3, -0.25) is 9.78 Å². The molecule has 1 N–H and O–H groups in total. The first-order valence-corrected chi connectivity index (χ1v) is 7.78. The van der Waals surface area contributed by atoms with Crippen molar-refractivity contribution in [2.45, 2.75) is 13.0 Å². The molecule has 0 radical (unpaired) electrons. The summed E-state index contributed by atoms with van der Waals surface area (Å²) in [5, 5.41) is 3.80. The van der Waals surface area contributed by atoms with Gasteiger partial charge in [-0.2, -0.15) is 0 Å². The molecular formula is C16H17ClFN3O2. The number of anilines is 1. The normalized spacial score (nSPS) is 18.2. The van der Waals surface area contributed by atoms with Gasteiger partial charge in [0.2, 0.25) is 5.91 Å². The van der Waals surface area contributed by atoms with E-state index in [1.165, 1.54) is 13.1 Å². The van der Waals surface area contributed by atoms with E-state index in [0.29, 0.717) is 42.3 Å². The van der Waals surface area contributed by atoms with Crippen LogP contribution >= 0.6 is 11.6 Å². The quantitative estimate of drug-likeness (QED) is 0.934. The molecule has 0 bridgehead atoms. The molecular weight excluding hydrogens is 321 g/mol. The number of rotatable bonds is 3. The topological polar surface area (TPSA) is 54.5 Å². The number of fused-ring (bicyclic) bond motifs is 1. The Balaban J connectivity index is 1.85. The molecule has 3 rings (SSSR count). The van der Waals surface area contributed by atoms with Crippen molar-refractivity contribution >= 4 is 34.1 Å². The Kier molecular flexibility index (Phi) is 4.63. The second-order valence-corrected chi connectivity index (χ2v) is 5.87. The van der Waals surface area contributed by atoms with Crippen LogP contribution in [0.25, 0.3) is 10.9 Å². The molecule has 1 saturated heterocycles. The minimum absolute atomic E-state index is 0.110. The van der Waals surface area contributed by atoms with Gasteiger partial charge in [0.05, 0.1) is 23.4 Å². The number of nitrogens with zero attached hydrogens (tertiary/aromatic N) is 2. The van der Waals surface area contributed by atoms with Crippen LogP contribution < -0.4 is 10.2 Å². The van der Waals surface area contributed by atoms with Gasteiger partial charge < -0.3 is 15.0 Å². The molecule has 1 aromatic carbocycles. The molecule has 2 aromatic rings. The Morgan fingerprint density at radius 1 is 1.52 bits per heavy atom. The van der Waals surface area contributed by atoms with Crippen LogP contribution in [0.4, 0.5) is 10.1 Å². The third-order valence-electron chi connectivity index (χ3n) is 3.84. The molecule has 1 fully saturated rings. The van der Waals surface area contributed by atoms with E-state index in [9.17, 15) is 9.18 Å². The van der Waals surface area contributed by atoms with E-state index in [4.69, 9.17) is 16.3 Å². The zero-order valence-corrected chi connectivity index (χ0v) is 13.4. The number of morpholine rings is 1. The maximum atomic E-state index is 14.8. The Morgan fingerprint density at radius 3 is 3.13 bits per heavy atom. The summed E-state index contributed by atoms with van der Waals surface area (Å²) in [6.45, 7) is 3.43. The molecule has 1 atom stereocenters. The lowest BCUT2D eigenvalue weighted by atomic mass is 10.1. The number of amides is 1. The standard InChI is InChI=1S/C16H17ClFN3O2/c1-10(22)20-8-11-9-21(6-7-23-11)14-3-2-12-13(17)4-5-19-16(12)15(14)18/h2-5,11H,6-9H2,1H3,(H,20,22)/t11-/m1/s1. The van der Waals surface area contributed by atoms with Gasteiger partial charge in [-0.1, -0.05) is 11.6 Å². The zero-order valence-electron chi connectivity index (χ0n) is 12.7. The lowest BCUT2D eigenvalue weighted by Gasteiger charge is -2.34. The number of pyridine rings is 1. The van der Waals surface area contributed by atoms with Crippen LogP contribution in [0.1, 0.15) is 6.92 Å². The number of carbonyl (C=O) groups is 1. The number of nitrogens with one attached hydrogen (secondary N) is 1. The van der Waals surface area contributed by atoms with Crippen molar-refractivity contribution < 1.29 is 13.9 Å². The van der Waals surface area contributed by atoms with Crippen molar-refractivity contribution in [3.05, 3.63) is 35.2 Å². The molecule has 0 unspecified atom stereocenters. The van der Waals surface area contributed by atoms with Crippen molar-refractivity contribution in [1.82, 2.24) is 10.3 Å².